The summed E-state index contributed by atoms with van der Waals surface area (Å²) in [4.78, 5) is 2.01. The van der Waals surface area contributed by atoms with E-state index in [1.807, 2.05) is 25.9 Å². The van der Waals surface area contributed by atoms with Crippen LogP contribution in [-0.4, -0.2) is 74.1 Å². The number of hydrogen-bond acceptors (Lipinski definition) is 3. The van der Waals surface area contributed by atoms with Crippen LogP contribution in [0.4, 0.5) is 0 Å². The maximum Gasteiger partial charge on any atom is 0.282 e. The highest BCUT2D eigenvalue weighted by Crippen LogP contribution is 2.23. The summed E-state index contributed by atoms with van der Waals surface area (Å²) >= 11 is 5.96. The number of hydrogen-bond donors (Lipinski definition) is 0. The molecule has 0 N–H and O–H groups in total. The molecule has 5 nitrogen and oxygen atoms in total. The summed E-state index contributed by atoms with van der Waals surface area (Å²) in [6.45, 7) is 4.45. The van der Waals surface area contributed by atoms with Crippen LogP contribution in [-0.2, 0) is 10.2 Å². The normalized spacial score (nSPS) is 21.8. The predicted molar refractivity (Wildman–Crippen MR) is 84.4 cm³/mol. The minimum absolute atomic E-state index is 0.0471. The van der Waals surface area contributed by atoms with E-state index >= 15 is 0 Å². The van der Waals surface area contributed by atoms with Crippen LogP contribution >= 0.6 is 11.6 Å². The Morgan fingerprint density at radius 3 is 2.45 bits per heavy atom. The molecule has 0 saturated carbocycles. The summed E-state index contributed by atoms with van der Waals surface area (Å²) in [6, 6.07) is -0.0471. The Hall–Kier alpha value is 0.120. The van der Waals surface area contributed by atoms with Crippen LogP contribution in [0.25, 0.3) is 0 Å². The van der Waals surface area contributed by atoms with Crippen molar-refractivity contribution < 1.29 is 8.42 Å². The molecule has 0 aromatic rings. The average molecular weight is 326 g/mol. The van der Waals surface area contributed by atoms with Crippen molar-refractivity contribution in [1.82, 2.24) is 13.5 Å². The lowest BCUT2D eigenvalue weighted by Gasteiger charge is -2.37. The summed E-state index contributed by atoms with van der Waals surface area (Å²) < 4.78 is 28.9. The molecule has 0 spiro atoms. The lowest BCUT2D eigenvalue weighted by atomic mass is 10.1. The molecule has 1 saturated heterocycles. The molecule has 120 valence electrons. The van der Waals surface area contributed by atoms with Crippen molar-refractivity contribution in [2.75, 3.05) is 46.2 Å². The fourth-order valence-corrected chi connectivity index (χ4v) is 4.83. The fourth-order valence-electron chi connectivity index (χ4n) is 2.48. The molecule has 1 atom stereocenters. The molecule has 0 aromatic heterocycles. The lowest BCUT2D eigenvalue weighted by molar-refractivity contribution is 0.240. The second-order valence-corrected chi connectivity index (χ2v) is 7.81. The zero-order chi connectivity index (χ0) is 15.2. The first kappa shape index (κ1) is 18.2. The molecular weight excluding hydrogens is 298 g/mol. The zero-order valence-electron chi connectivity index (χ0n) is 12.9. The van der Waals surface area contributed by atoms with Gasteiger partial charge in [-0.15, -0.1) is 11.6 Å². The first-order valence-corrected chi connectivity index (χ1v) is 9.34. The Morgan fingerprint density at radius 1 is 1.20 bits per heavy atom. The number of piperidine rings is 1. The van der Waals surface area contributed by atoms with Gasteiger partial charge in [-0.2, -0.15) is 17.0 Å². The Morgan fingerprint density at radius 2 is 1.90 bits per heavy atom. The minimum atomic E-state index is -3.39. The van der Waals surface area contributed by atoms with Crippen LogP contribution in [0.15, 0.2) is 0 Å². The third kappa shape index (κ3) is 4.84. The molecular formula is C13H28ClN3O2S. The predicted octanol–water partition coefficient (Wildman–Crippen LogP) is 1.60. The molecule has 0 aromatic carbocycles. The van der Waals surface area contributed by atoms with Crippen LogP contribution in [0.5, 0.6) is 0 Å². The van der Waals surface area contributed by atoms with Crippen LogP contribution in [0, 0.1) is 0 Å². The van der Waals surface area contributed by atoms with Gasteiger partial charge in [-0.05, 0) is 33.4 Å². The highest BCUT2D eigenvalue weighted by molar-refractivity contribution is 7.86. The summed E-state index contributed by atoms with van der Waals surface area (Å²) in [7, 11) is 0.527. The molecule has 1 aliphatic rings. The van der Waals surface area contributed by atoms with Gasteiger partial charge in [0.05, 0.1) is 0 Å². The highest BCUT2D eigenvalue weighted by atomic mass is 35.5. The van der Waals surface area contributed by atoms with Crippen LogP contribution in [0.1, 0.15) is 32.6 Å². The molecule has 1 unspecified atom stereocenters. The number of likely N-dealkylation sites (N-methyl/N-ethyl adjacent to an activating group) is 1. The van der Waals surface area contributed by atoms with Gasteiger partial charge in [-0.1, -0.05) is 13.3 Å². The maximum absolute atomic E-state index is 12.8. The van der Waals surface area contributed by atoms with Crippen LogP contribution < -0.4 is 0 Å². The van der Waals surface area contributed by atoms with E-state index in [1.54, 1.807) is 8.61 Å². The number of halogens is 1. The van der Waals surface area contributed by atoms with E-state index < -0.39 is 10.2 Å². The topological polar surface area (TPSA) is 43.9 Å². The summed E-state index contributed by atoms with van der Waals surface area (Å²) in [5.74, 6) is 0.382. The molecule has 20 heavy (non-hydrogen) atoms. The van der Waals surface area contributed by atoms with Crippen molar-refractivity contribution in [1.29, 1.82) is 0 Å². The van der Waals surface area contributed by atoms with Gasteiger partial charge in [0.15, 0.2) is 0 Å². The molecule has 7 heteroatoms. The lowest BCUT2D eigenvalue weighted by Crippen LogP contribution is -2.52. The van der Waals surface area contributed by atoms with Crippen molar-refractivity contribution in [2.24, 2.45) is 0 Å². The molecule has 1 rings (SSSR count). The Labute approximate surface area is 129 Å². The molecule has 0 bridgehead atoms. The quantitative estimate of drug-likeness (QED) is 0.637. The number of nitrogens with zero attached hydrogens (tertiary/aromatic N) is 3. The van der Waals surface area contributed by atoms with Gasteiger partial charge in [-0.3, -0.25) is 0 Å². The third-order valence-corrected chi connectivity index (χ3v) is 6.09. The number of alkyl halides is 1. The first-order chi connectivity index (χ1) is 9.43. The molecule has 1 heterocycles. The van der Waals surface area contributed by atoms with Gasteiger partial charge in [0.2, 0.25) is 0 Å². The molecule has 1 aliphatic heterocycles. The van der Waals surface area contributed by atoms with Crippen molar-refractivity contribution in [2.45, 2.75) is 38.6 Å². The van der Waals surface area contributed by atoms with E-state index in [9.17, 15) is 8.42 Å². The Kier molecular flexibility index (Phi) is 7.75. The van der Waals surface area contributed by atoms with Crippen molar-refractivity contribution in [3.8, 4) is 0 Å². The van der Waals surface area contributed by atoms with E-state index in [1.165, 1.54) is 0 Å². The van der Waals surface area contributed by atoms with Crippen molar-refractivity contribution in [3.05, 3.63) is 0 Å². The van der Waals surface area contributed by atoms with Crippen molar-refractivity contribution >= 4 is 21.8 Å². The van der Waals surface area contributed by atoms with E-state index in [2.05, 4.69) is 0 Å². The Balaban J connectivity index is 2.84. The standard InChI is InChI=1S/C13H28ClN3O2S/c1-4-8-16(11-10-15(2)3)20(18,19)17-9-6-5-7-13(17)12-14/h13H,4-12H2,1-3H3. The molecule has 1 fully saturated rings. The van der Waals surface area contributed by atoms with Crippen LogP contribution in [0.2, 0.25) is 0 Å². The maximum atomic E-state index is 12.8. The Bertz CT molecular complexity index is 376. The molecule has 0 aliphatic carbocycles. The summed E-state index contributed by atoms with van der Waals surface area (Å²) in [6.07, 6.45) is 3.69. The van der Waals surface area contributed by atoms with E-state index in [-0.39, 0.29) is 6.04 Å². The summed E-state index contributed by atoms with van der Waals surface area (Å²) in [5, 5.41) is 0. The summed E-state index contributed by atoms with van der Waals surface area (Å²) in [5.41, 5.74) is 0. The van der Waals surface area contributed by atoms with Gasteiger partial charge in [0, 0.05) is 38.1 Å². The largest absolute Gasteiger partial charge is 0.308 e. The second-order valence-electron chi connectivity index (χ2n) is 5.62. The van der Waals surface area contributed by atoms with Crippen molar-refractivity contribution in [3.63, 3.8) is 0 Å². The smallest absolute Gasteiger partial charge is 0.282 e. The molecule has 0 amide bonds. The average Bonchev–Trinajstić information content (AvgIpc) is 2.42. The van der Waals surface area contributed by atoms with E-state index in [0.29, 0.717) is 25.5 Å². The minimum Gasteiger partial charge on any atom is -0.308 e. The van der Waals surface area contributed by atoms with Crippen LogP contribution in [0.3, 0.4) is 0 Å². The van der Waals surface area contributed by atoms with E-state index in [4.69, 9.17) is 11.6 Å². The second kappa shape index (κ2) is 8.54. The fraction of sp³-hybridized carbons (Fsp3) is 1.00. The zero-order valence-corrected chi connectivity index (χ0v) is 14.5. The monoisotopic (exact) mass is 325 g/mol. The van der Waals surface area contributed by atoms with Gasteiger partial charge in [0.25, 0.3) is 10.2 Å². The van der Waals surface area contributed by atoms with Gasteiger partial charge >= 0.3 is 0 Å². The third-order valence-electron chi connectivity index (χ3n) is 3.64. The van der Waals surface area contributed by atoms with Gasteiger partial charge < -0.3 is 4.90 Å². The molecule has 0 radical (unpaired) electrons. The van der Waals surface area contributed by atoms with Gasteiger partial charge in [0.1, 0.15) is 0 Å². The SMILES string of the molecule is CCCN(CCN(C)C)S(=O)(=O)N1CCCCC1CCl. The van der Waals surface area contributed by atoms with E-state index in [0.717, 1.165) is 32.2 Å². The number of rotatable bonds is 8. The highest BCUT2D eigenvalue weighted by Gasteiger charge is 2.35. The first-order valence-electron chi connectivity index (χ1n) is 7.41. The van der Waals surface area contributed by atoms with Gasteiger partial charge in [-0.25, -0.2) is 0 Å².